The van der Waals surface area contributed by atoms with E-state index in [-0.39, 0.29) is 13.3 Å². The summed E-state index contributed by atoms with van der Waals surface area (Å²) in [7, 11) is 0. The summed E-state index contributed by atoms with van der Waals surface area (Å²) in [6.07, 6.45) is 2.99. The van der Waals surface area contributed by atoms with E-state index in [4.69, 9.17) is 0 Å². The smallest absolute Gasteiger partial charge is 0.226 e. The zero-order valence-corrected chi connectivity index (χ0v) is 12.0. The van der Waals surface area contributed by atoms with E-state index in [1.807, 2.05) is 45.0 Å². The molecule has 106 valence electrons. The van der Waals surface area contributed by atoms with Gasteiger partial charge in [0.1, 0.15) is 5.78 Å². The number of ketones is 1. The highest BCUT2D eigenvalue weighted by Crippen LogP contribution is 2.14. The average molecular weight is 263 g/mol. The Morgan fingerprint density at radius 2 is 2.05 bits per heavy atom. The van der Waals surface area contributed by atoms with Crippen LogP contribution >= 0.6 is 0 Å². The highest BCUT2D eigenvalue weighted by molar-refractivity contribution is 5.92. The first-order chi connectivity index (χ1) is 9.02. The molecule has 19 heavy (non-hydrogen) atoms. The largest absolute Gasteiger partial charge is 0.326 e. The lowest BCUT2D eigenvalue weighted by atomic mass is 10.0. The van der Waals surface area contributed by atoms with Crippen LogP contribution in [0.1, 0.15) is 47.0 Å². The summed E-state index contributed by atoms with van der Waals surface area (Å²) < 4.78 is 0. The van der Waals surface area contributed by atoms with Crippen molar-refractivity contribution in [3.8, 4) is 0 Å². The van der Waals surface area contributed by atoms with Gasteiger partial charge >= 0.3 is 0 Å². The number of aryl methyl sites for hydroxylation is 1. The topological polar surface area (TPSA) is 46.2 Å². The summed E-state index contributed by atoms with van der Waals surface area (Å²) in [5.41, 5.74) is 1.99. The molecule has 1 amide bonds. The van der Waals surface area contributed by atoms with Crippen LogP contribution in [0, 0.1) is 5.92 Å². The number of anilines is 1. The maximum Gasteiger partial charge on any atom is 0.226 e. The zero-order valence-electron chi connectivity index (χ0n) is 12.0. The van der Waals surface area contributed by atoms with Crippen LogP contribution < -0.4 is 5.32 Å². The lowest BCUT2D eigenvalue weighted by Gasteiger charge is -2.09. The Kier molecular flexibility index (Phi) is 6.26. The van der Waals surface area contributed by atoms with Crippen molar-refractivity contribution in [2.75, 3.05) is 5.32 Å². The van der Waals surface area contributed by atoms with Gasteiger partial charge in [-0.05, 0) is 30.5 Å². The molecule has 3 heteroatoms. The third-order valence-corrected chi connectivity index (χ3v) is 3.03. The normalized spacial score (nSPS) is 10.5. The van der Waals surface area contributed by atoms with E-state index in [9.17, 15) is 9.59 Å². The van der Waals surface area contributed by atoms with Crippen molar-refractivity contribution in [3.05, 3.63) is 29.8 Å². The lowest BCUT2D eigenvalue weighted by molar-refractivity contribution is -0.119. The van der Waals surface area contributed by atoms with Gasteiger partial charge in [-0.1, -0.05) is 32.9 Å². The molecule has 3 nitrogen and oxygen atoms in total. The number of rotatable bonds is 7. The first kappa shape index (κ1) is 15.4. The number of Topliss-reactive ketones (excluding diaryl/α,β-unsaturated/α-hetero) is 1. The number of hydrogen-bond donors (Lipinski definition) is 1. The molecule has 0 spiro atoms. The molecule has 0 atom stereocenters. The summed E-state index contributed by atoms with van der Waals surface area (Å²) in [5, 5.41) is 2.89. The monoisotopic (exact) mass is 263 g/mol. The van der Waals surface area contributed by atoms with Crippen LogP contribution in [-0.2, 0) is 16.0 Å². The van der Waals surface area contributed by atoms with Crippen molar-refractivity contribution >= 4 is 17.4 Å². The van der Waals surface area contributed by atoms with Crippen molar-refractivity contribution in [2.45, 2.75) is 46.5 Å². The SMILES string of the molecule is CCC(=O)CCCc1cccc(NC(=O)C(C)C)c1.[HH]. The average Bonchev–Trinajstić information content (AvgIpc) is 2.38. The summed E-state index contributed by atoms with van der Waals surface area (Å²) in [4.78, 5) is 22.8. The van der Waals surface area contributed by atoms with Crippen LogP contribution in [0.5, 0.6) is 0 Å². The molecule has 0 fully saturated rings. The van der Waals surface area contributed by atoms with Crippen LogP contribution in [0.4, 0.5) is 5.69 Å². The summed E-state index contributed by atoms with van der Waals surface area (Å²) in [5.74, 6) is 0.313. The van der Waals surface area contributed by atoms with Crippen LogP contribution in [0.25, 0.3) is 0 Å². The molecular weight excluding hydrogens is 238 g/mol. The number of amides is 1. The van der Waals surface area contributed by atoms with Gasteiger partial charge in [0.05, 0.1) is 0 Å². The van der Waals surface area contributed by atoms with Crippen molar-refractivity contribution in [1.82, 2.24) is 0 Å². The third-order valence-electron chi connectivity index (χ3n) is 3.03. The van der Waals surface area contributed by atoms with E-state index < -0.39 is 0 Å². The highest BCUT2D eigenvalue weighted by atomic mass is 16.1. The van der Waals surface area contributed by atoms with E-state index in [0.717, 1.165) is 24.1 Å². The zero-order chi connectivity index (χ0) is 14.3. The minimum Gasteiger partial charge on any atom is -0.326 e. The Balaban J connectivity index is 0.00000361. The molecule has 0 aliphatic carbocycles. The minimum atomic E-state index is -0.0224. The fraction of sp³-hybridized carbons (Fsp3) is 0.500. The molecule has 1 N–H and O–H groups in total. The van der Waals surface area contributed by atoms with E-state index in [1.165, 1.54) is 0 Å². The fourth-order valence-corrected chi connectivity index (χ4v) is 1.76. The first-order valence-electron chi connectivity index (χ1n) is 6.94. The van der Waals surface area contributed by atoms with Crippen molar-refractivity contribution in [3.63, 3.8) is 0 Å². The Labute approximate surface area is 116 Å². The molecule has 0 aliphatic rings. The first-order valence-corrected chi connectivity index (χ1v) is 6.94. The molecule has 1 rings (SSSR count). The molecule has 0 saturated carbocycles. The predicted molar refractivity (Wildman–Crippen MR) is 80.3 cm³/mol. The lowest BCUT2D eigenvalue weighted by Crippen LogP contribution is -2.17. The van der Waals surface area contributed by atoms with E-state index in [1.54, 1.807) is 0 Å². The maximum atomic E-state index is 11.6. The number of hydrogen-bond acceptors (Lipinski definition) is 2. The standard InChI is InChI=1S/C16H23NO2.H2/c1-4-15(18)10-6-8-13-7-5-9-14(11-13)17-16(19)12(2)3;/h5,7,9,11-12H,4,6,8,10H2,1-3H3,(H,17,19);1H. The Morgan fingerprint density at radius 3 is 2.68 bits per heavy atom. The molecule has 0 aliphatic heterocycles. The number of benzene rings is 1. The molecule has 0 radical (unpaired) electrons. The van der Waals surface area contributed by atoms with E-state index in [0.29, 0.717) is 18.6 Å². The van der Waals surface area contributed by atoms with Crippen LogP contribution in [0.2, 0.25) is 0 Å². The van der Waals surface area contributed by atoms with Gasteiger partial charge in [-0.15, -0.1) is 0 Å². The van der Waals surface area contributed by atoms with Gasteiger partial charge in [-0.2, -0.15) is 0 Å². The third kappa shape index (κ3) is 5.69. The summed E-state index contributed by atoms with van der Waals surface area (Å²) >= 11 is 0. The molecule has 0 bridgehead atoms. The van der Waals surface area contributed by atoms with Gasteiger partial charge in [0, 0.05) is 25.9 Å². The molecule has 1 aromatic rings. The Morgan fingerprint density at radius 1 is 1.32 bits per heavy atom. The predicted octanol–water partition coefficient (Wildman–Crippen LogP) is 3.83. The second-order valence-corrected chi connectivity index (χ2v) is 5.09. The molecule has 0 aromatic heterocycles. The van der Waals surface area contributed by atoms with E-state index in [2.05, 4.69) is 5.32 Å². The van der Waals surface area contributed by atoms with Crippen LogP contribution in [-0.4, -0.2) is 11.7 Å². The molecule has 1 aromatic carbocycles. The van der Waals surface area contributed by atoms with Crippen LogP contribution in [0.3, 0.4) is 0 Å². The van der Waals surface area contributed by atoms with Gasteiger partial charge in [0.25, 0.3) is 0 Å². The van der Waals surface area contributed by atoms with Gasteiger partial charge in [-0.3, -0.25) is 9.59 Å². The Bertz CT molecular complexity index is 444. The summed E-state index contributed by atoms with van der Waals surface area (Å²) in [6.45, 7) is 5.63. The second-order valence-electron chi connectivity index (χ2n) is 5.09. The van der Waals surface area contributed by atoms with E-state index >= 15 is 0 Å². The Hall–Kier alpha value is -1.64. The number of nitrogens with one attached hydrogen (secondary N) is 1. The number of carbonyl (C=O) groups excluding carboxylic acids is 2. The summed E-state index contributed by atoms with van der Waals surface area (Å²) in [6, 6.07) is 7.84. The number of carbonyl (C=O) groups is 2. The quantitative estimate of drug-likeness (QED) is 0.812. The fourth-order valence-electron chi connectivity index (χ4n) is 1.76. The van der Waals surface area contributed by atoms with Crippen molar-refractivity contribution < 1.29 is 11.0 Å². The minimum absolute atomic E-state index is 0. The van der Waals surface area contributed by atoms with Gasteiger partial charge in [-0.25, -0.2) is 0 Å². The van der Waals surface area contributed by atoms with Gasteiger partial charge in [0.2, 0.25) is 5.91 Å². The maximum absolute atomic E-state index is 11.6. The van der Waals surface area contributed by atoms with Crippen LogP contribution in [0.15, 0.2) is 24.3 Å². The van der Waals surface area contributed by atoms with Gasteiger partial charge in [0.15, 0.2) is 0 Å². The highest BCUT2D eigenvalue weighted by Gasteiger charge is 2.07. The van der Waals surface area contributed by atoms with Gasteiger partial charge < -0.3 is 5.32 Å². The molecular formula is C16H25NO2. The molecule has 0 heterocycles. The second kappa shape index (κ2) is 7.72. The molecule has 0 unspecified atom stereocenters. The van der Waals surface area contributed by atoms with Crippen molar-refractivity contribution in [1.29, 1.82) is 0 Å². The van der Waals surface area contributed by atoms with Crippen molar-refractivity contribution in [2.24, 2.45) is 5.92 Å². The molecule has 0 saturated heterocycles.